The standard InChI is InChI=1S/C55H97NO7/c1-6-8-10-12-14-16-18-20-22-24-25-26-27-28-29-30-32-34-36-38-40-42-44-46-54(58)63-51(49-61-48-47-52(55(59)60)56(3,4)5)50-62-53(57)45-43-41-39-37-35-33-31-23-21-19-17-15-13-11-9-7-2/h9,11,15,17,21,23,25-26,28-29,51-52H,6-8,10,12-14,16,18-20,22,24,27,30-50H2,1-5H3/p+1/b11-9+,17-15+,23-21+,26-25+,29-28+. The van der Waals surface area contributed by atoms with Gasteiger partial charge in [0.15, 0.2) is 12.1 Å². The number of rotatable bonds is 46. The Morgan fingerprint density at radius 1 is 0.492 bits per heavy atom. The van der Waals surface area contributed by atoms with Crippen LogP contribution in [-0.2, 0) is 28.6 Å². The molecular formula is C55H98NO7+. The maximum Gasteiger partial charge on any atom is 0.362 e. The van der Waals surface area contributed by atoms with E-state index in [-0.39, 0.29) is 36.2 Å². The molecule has 8 nitrogen and oxygen atoms in total. The van der Waals surface area contributed by atoms with Crippen LogP contribution in [0.2, 0.25) is 0 Å². The third-order valence-corrected chi connectivity index (χ3v) is 11.4. The molecule has 2 unspecified atom stereocenters. The third kappa shape index (κ3) is 44.0. The van der Waals surface area contributed by atoms with Crippen molar-refractivity contribution in [2.24, 2.45) is 0 Å². The van der Waals surface area contributed by atoms with E-state index in [9.17, 15) is 19.5 Å². The van der Waals surface area contributed by atoms with Crippen molar-refractivity contribution in [3.8, 4) is 0 Å². The summed E-state index contributed by atoms with van der Waals surface area (Å²) >= 11 is 0. The van der Waals surface area contributed by atoms with E-state index in [1.165, 1.54) is 103 Å². The van der Waals surface area contributed by atoms with E-state index in [0.29, 0.717) is 19.3 Å². The number of carboxylic acid groups (broad SMARTS) is 1. The van der Waals surface area contributed by atoms with Crippen LogP contribution in [0.25, 0.3) is 0 Å². The van der Waals surface area contributed by atoms with Crippen molar-refractivity contribution in [2.45, 2.75) is 231 Å². The normalized spacial score (nSPS) is 13.3. The molecule has 0 fully saturated rings. The summed E-state index contributed by atoms with van der Waals surface area (Å²) in [5.74, 6) is -1.49. The molecule has 0 saturated carbocycles. The summed E-state index contributed by atoms with van der Waals surface area (Å²) in [5, 5.41) is 9.65. The predicted octanol–water partition coefficient (Wildman–Crippen LogP) is 14.9. The molecule has 0 heterocycles. The van der Waals surface area contributed by atoms with Gasteiger partial charge in [0.05, 0.1) is 34.4 Å². The Morgan fingerprint density at radius 3 is 1.32 bits per heavy atom. The molecule has 0 saturated heterocycles. The lowest BCUT2D eigenvalue weighted by atomic mass is 10.1. The number of unbranched alkanes of at least 4 members (excludes halogenated alkanes) is 22. The molecule has 0 amide bonds. The number of allylic oxidation sites excluding steroid dienone is 10. The fraction of sp³-hybridized carbons (Fsp3) is 0.764. The second kappa shape index (κ2) is 45.6. The summed E-state index contributed by atoms with van der Waals surface area (Å²) in [5.41, 5.74) is 0. The maximum absolute atomic E-state index is 12.8. The minimum atomic E-state index is -0.879. The number of nitrogens with zero attached hydrogens (tertiary/aromatic N) is 1. The third-order valence-electron chi connectivity index (χ3n) is 11.4. The lowest BCUT2D eigenvalue weighted by Gasteiger charge is -2.31. The Balaban J connectivity index is 4.26. The molecule has 63 heavy (non-hydrogen) atoms. The molecule has 0 aromatic carbocycles. The number of esters is 2. The van der Waals surface area contributed by atoms with Gasteiger partial charge in [-0.05, 0) is 77.0 Å². The second-order valence-corrected chi connectivity index (χ2v) is 18.4. The van der Waals surface area contributed by atoms with E-state index in [0.717, 1.165) is 83.5 Å². The fourth-order valence-electron chi connectivity index (χ4n) is 7.43. The maximum atomic E-state index is 12.8. The van der Waals surface area contributed by atoms with Gasteiger partial charge in [0, 0.05) is 19.3 Å². The van der Waals surface area contributed by atoms with E-state index in [1.54, 1.807) is 0 Å². The highest BCUT2D eigenvalue weighted by Gasteiger charge is 2.31. The van der Waals surface area contributed by atoms with Gasteiger partial charge in [-0.3, -0.25) is 9.59 Å². The molecule has 0 radical (unpaired) electrons. The Hall–Kier alpha value is -2.97. The molecule has 0 aliphatic rings. The van der Waals surface area contributed by atoms with Crippen LogP contribution in [0.4, 0.5) is 0 Å². The number of carbonyl (C=O) groups is 3. The number of hydrogen-bond donors (Lipinski definition) is 1. The highest BCUT2D eigenvalue weighted by molar-refractivity contribution is 5.72. The number of ether oxygens (including phenoxy) is 3. The minimum absolute atomic E-state index is 0.0519. The molecule has 1 N–H and O–H groups in total. The summed E-state index contributed by atoms with van der Waals surface area (Å²) in [6.07, 6.45) is 57.0. The van der Waals surface area contributed by atoms with Gasteiger partial charge in [-0.25, -0.2) is 4.79 Å². The Labute approximate surface area is 388 Å². The zero-order valence-corrected chi connectivity index (χ0v) is 41.5. The van der Waals surface area contributed by atoms with Crippen LogP contribution in [0.1, 0.15) is 219 Å². The van der Waals surface area contributed by atoms with Crippen LogP contribution in [0.15, 0.2) is 60.8 Å². The Bertz CT molecular complexity index is 1210. The van der Waals surface area contributed by atoms with Crippen LogP contribution in [-0.4, -0.2) is 80.6 Å². The van der Waals surface area contributed by atoms with Crippen molar-refractivity contribution in [2.75, 3.05) is 41.0 Å². The van der Waals surface area contributed by atoms with Gasteiger partial charge in [-0.15, -0.1) is 0 Å². The molecule has 364 valence electrons. The van der Waals surface area contributed by atoms with Crippen LogP contribution in [0.3, 0.4) is 0 Å². The van der Waals surface area contributed by atoms with E-state index in [4.69, 9.17) is 14.2 Å². The first-order chi connectivity index (χ1) is 30.6. The van der Waals surface area contributed by atoms with Crippen LogP contribution in [0.5, 0.6) is 0 Å². The molecule has 0 bridgehead atoms. The van der Waals surface area contributed by atoms with Gasteiger partial charge in [-0.2, -0.15) is 0 Å². The van der Waals surface area contributed by atoms with Crippen molar-refractivity contribution in [1.29, 1.82) is 0 Å². The summed E-state index contributed by atoms with van der Waals surface area (Å²) in [6, 6.07) is -0.621. The topological polar surface area (TPSA) is 99.1 Å². The zero-order valence-electron chi connectivity index (χ0n) is 41.5. The zero-order chi connectivity index (χ0) is 46.3. The number of aliphatic carboxylic acids is 1. The first kappa shape index (κ1) is 60.0. The quantitative estimate of drug-likeness (QED) is 0.0281. The van der Waals surface area contributed by atoms with Gasteiger partial charge < -0.3 is 23.8 Å². The first-order valence-electron chi connectivity index (χ1n) is 25.8. The lowest BCUT2D eigenvalue weighted by Crippen LogP contribution is -2.50. The van der Waals surface area contributed by atoms with E-state index >= 15 is 0 Å². The first-order valence-corrected chi connectivity index (χ1v) is 25.8. The summed E-state index contributed by atoms with van der Waals surface area (Å²) in [7, 11) is 5.53. The Morgan fingerprint density at radius 2 is 0.889 bits per heavy atom. The van der Waals surface area contributed by atoms with E-state index in [2.05, 4.69) is 74.6 Å². The van der Waals surface area contributed by atoms with Gasteiger partial charge in [0.2, 0.25) is 0 Å². The minimum Gasteiger partial charge on any atom is -0.477 e. The summed E-state index contributed by atoms with van der Waals surface area (Å²) < 4.78 is 17.3. The number of likely N-dealkylation sites (N-methyl/N-ethyl adjacent to an activating group) is 1. The van der Waals surface area contributed by atoms with Gasteiger partial charge in [-0.1, -0.05) is 184 Å². The predicted molar refractivity (Wildman–Crippen MR) is 266 cm³/mol. The second-order valence-electron chi connectivity index (χ2n) is 18.4. The number of carbonyl (C=O) groups excluding carboxylic acids is 2. The lowest BCUT2D eigenvalue weighted by molar-refractivity contribution is -0.887. The fourth-order valence-corrected chi connectivity index (χ4v) is 7.43. The summed E-state index contributed by atoms with van der Waals surface area (Å²) in [4.78, 5) is 37.1. The largest absolute Gasteiger partial charge is 0.477 e. The van der Waals surface area contributed by atoms with Crippen molar-refractivity contribution in [3.05, 3.63) is 60.8 Å². The molecule has 0 aliphatic heterocycles. The van der Waals surface area contributed by atoms with Gasteiger partial charge in [0.1, 0.15) is 6.61 Å². The molecule has 0 aliphatic carbocycles. The van der Waals surface area contributed by atoms with Crippen molar-refractivity contribution in [1.82, 2.24) is 0 Å². The van der Waals surface area contributed by atoms with Crippen molar-refractivity contribution < 1.29 is 38.2 Å². The van der Waals surface area contributed by atoms with Crippen LogP contribution in [0, 0.1) is 0 Å². The molecule has 0 aromatic rings. The number of hydrogen-bond acceptors (Lipinski definition) is 6. The molecule has 0 aromatic heterocycles. The average Bonchev–Trinajstić information content (AvgIpc) is 3.24. The molecular weight excluding hydrogens is 787 g/mol. The Kier molecular flexibility index (Phi) is 43.4. The van der Waals surface area contributed by atoms with Gasteiger partial charge in [0.25, 0.3) is 0 Å². The average molecular weight is 885 g/mol. The monoisotopic (exact) mass is 885 g/mol. The van der Waals surface area contributed by atoms with Crippen molar-refractivity contribution >= 4 is 17.9 Å². The molecule has 8 heteroatoms. The van der Waals surface area contributed by atoms with E-state index in [1.807, 2.05) is 21.1 Å². The molecule has 2 atom stereocenters. The smallest absolute Gasteiger partial charge is 0.362 e. The SMILES string of the molecule is CC/C=C/C/C=C/C/C=C/CCCCCCCCC(=O)OCC(COCCC(C(=O)O)[N+](C)(C)C)OC(=O)CCCCCCCCC/C=C/C/C=C/CCCCCCCCCCC. The van der Waals surface area contributed by atoms with E-state index < -0.39 is 18.1 Å². The molecule has 0 rings (SSSR count). The van der Waals surface area contributed by atoms with Crippen LogP contribution >= 0.6 is 0 Å². The highest BCUT2D eigenvalue weighted by atomic mass is 16.6. The summed E-state index contributed by atoms with van der Waals surface area (Å²) in [6.45, 7) is 4.62. The number of quaternary nitrogens is 1. The number of carboxylic acids is 1. The van der Waals surface area contributed by atoms with Gasteiger partial charge >= 0.3 is 17.9 Å². The molecule has 0 spiro atoms. The highest BCUT2D eigenvalue weighted by Crippen LogP contribution is 2.15. The van der Waals surface area contributed by atoms with Crippen molar-refractivity contribution in [3.63, 3.8) is 0 Å². The van der Waals surface area contributed by atoms with Crippen LogP contribution < -0.4 is 0 Å².